The minimum absolute atomic E-state index is 0.0169. The van der Waals surface area contributed by atoms with Crippen LogP contribution in [0.1, 0.15) is 19.3 Å². The van der Waals surface area contributed by atoms with E-state index in [2.05, 4.69) is 5.32 Å². The van der Waals surface area contributed by atoms with Crippen LogP contribution in [0.2, 0.25) is 0 Å². The number of aliphatic hydroxyl groups is 1. The third-order valence-electron chi connectivity index (χ3n) is 1.81. The predicted octanol–water partition coefficient (Wildman–Crippen LogP) is -0.310. The van der Waals surface area contributed by atoms with Gasteiger partial charge in [-0.3, -0.25) is 4.79 Å². The van der Waals surface area contributed by atoms with Crippen LogP contribution >= 0.6 is 0 Å². The number of ketones is 1. The first-order valence-electron chi connectivity index (χ1n) is 3.71. The van der Waals surface area contributed by atoms with Crippen LogP contribution in [0.5, 0.6) is 0 Å². The summed E-state index contributed by atoms with van der Waals surface area (Å²) in [6, 6.07) is 0.0344. The molecule has 0 spiro atoms. The van der Waals surface area contributed by atoms with Crippen molar-refractivity contribution >= 4 is 5.78 Å². The van der Waals surface area contributed by atoms with Crippen molar-refractivity contribution < 1.29 is 9.90 Å². The quantitative estimate of drug-likeness (QED) is 0.569. The Morgan fingerprint density at radius 3 is 3.00 bits per heavy atom. The van der Waals surface area contributed by atoms with E-state index >= 15 is 0 Å². The van der Waals surface area contributed by atoms with Gasteiger partial charge < -0.3 is 10.4 Å². The summed E-state index contributed by atoms with van der Waals surface area (Å²) in [6.07, 6.45) is 2.33. The second-order valence-electron chi connectivity index (χ2n) is 2.59. The van der Waals surface area contributed by atoms with Gasteiger partial charge in [-0.2, -0.15) is 0 Å². The maximum Gasteiger partial charge on any atom is 0.152 e. The molecule has 1 aliphatic heterocycles. The number of carbonyl (C=O) groups excluding carboxylic acids is 1. The van der Waals surface area contributed by atoms with E-state index in [1.165, 1.54) is 0 Å². The lowest BCUT2D eigenvalue weighted by Crippen LogP contribution is -2.31. The standard InChI is InChI=1S/C7H13NO2/c9-5-3-7(10)6-2-1-4-8-6/h6,8-9H,1-5H2. The zero-order valence-corrected chi connectivity index (χ0v) is 5.97. The van der Waals surface area contributed by atoms with Crippen molar-refractivity contribution in [2.24, 2.45) is 0 Å². The summed E-state index contributed by atoms with van der Waals surface area (Å²) >= 11 is 0. The molecule has 0 saturated carbocycles. The first-order valence-corrected chi connectivity index (χ1v) is 3.71. The SMILES string of the molecule is O=C(CCO)C1CCCN1. The van der Waals surface area contributed by atoms with Crippen LogP contribution in [0.3, 0.4) is 0 Å². The van der Waals surface area contributed by atoms with Crippen molar-refractivity contribution in [3.8, 4) is 0 Å². The largest absolute Gasteiger partial charge is 0.396 e. The molecule has 1 heterocycles. The summed E-state index contributed by atoms with van der Waals surface area (Å²) in [6.45, 7) is 0.929. The molecule has 1 rings (SSSR count). The Hall–Kier alpha value is -0.410. The molecule has 0 aliphatic carbocycles. The van der Waals surface area contributed by atoms with Gasteiger partial charge in [0.15, 0.2) is 5.78 Å². The third kappa shape index (κ3) is 1.78. The molecule has 0 aromatic rings. The summed E-state index contributed by atoms with van der Waals surface area (Å²) in [5, 5.41) is 11.5. The fraction of sp³-hybridized carbons (Fsp3) is 0.857. The number of hydrogen-bond acceptors (Lipinski definition) is 3. The molecule has 1 atom stereocenters. The van der Waals surface area contributed by atoms with E-state index in [0.29, 0.717) is 6.42 Å². The van der Waals surface area contributed by atoms with Crippen LogP contribution in [0.4, 0.5) is 0 Å². The minimum atomic E-state index is -0.0169. The highest BCUT2D eigenvalue weighted by atomic mass is 16.3. The van der Waals surface area contributed by atoms with Gasteiger partial charge in [0.1, 0.15) is 0 Å². The molecule has 0 bridgehead atoms. The molecule has 1 fully saturated rings. The fourth-order valence-electron chi connectivity index (χ4n) is 1.24. The zero-order chi connectivity index (χ0) is 7.40. The van der Waals surface area contributed by atoms with E-state index in [0.717, 1.165) is 19.4 Å². The zero-order valence-electron chi connectivity index (χ0n) is 5.97. The average Bonchev–Trinajstić information content (AvgIpc) is 2.38. The van der Waals surface area contributed by atoms with Crippen molar-refractivity contribution in [1.29, 1.82) is 0 Å². The number of aliphatic hydroxyl groups excluding tert-OH is 1. The number of Topliss-reactive ketones (excluding diaryl/α,β-unsaturated/α-hetero) is 1. The molecule has 3 nitrogen and oxygen atoms in total. The summed E-state index contributed by atoms with van der Waals surface area (Å²) in [4.78, 5) is 11.0. The average molecular weight is 143 g/mol. The van der Waals surface area contributed by atoms with Gasteiger partial charge in [0.2, 0.25) is 0 Å². The lowest BCUT2D eigenvalue weighted by Gasteiger charge is -2.05. The minimum Gasteiger partial charge on any atom is -0.396 e. The van der Waals surface area contributed by atoms with Crippen LogP contribution in [-0.4, -0.2) is 30.1 Å². The molecule has 3 heteroatoms. The first kappa shape index (κ1) is 7.69. The number of rotatable bonds is 3. The maximum absolute atomic E-state index is 11.0. The fourth-order valence-corrected chi connectivity index (χ4v) is 1.24. The van der Waals surface area contributed by atoms with Gasteiger partial charge >= 0.3 is 0 Å². The van der Waals surface area contributed by atoms with Crippen molar-refractivity contribution in [2.75, 3.05) is 13.2 Å². The van der Waals surface area contributed by atoms with Crippen molar-refractivity contribution in [1.82, 2.24) is 5.32 Å². The van der Waals surface area contributed by atoms with Gasteiger partial charge in [-0.15, -0.1) is 0 Å². The van der Waals surface area contributed by atoms with Crippen LogP contribution < -0.4 is 5.32 Å². The second-order valence-corrected chi connectivity index (χ2v) is 2.59. The van der Waals surface area contributed by atoms with Gasteiger partial charge in [0.25, 0.3) is 0 Å². The summed E-state index contributed by atoms with van der Waals surface area (Å²) < 4.78 is 0. The van der Waals surface area contributed by atoms with Gasteiger partial charge in [-0.05, 0) is 19.4 Å². The van der Waals surface area contributed by atoms with Crippen LogP contribution in [0.25, 0.3) is 0 Å². The highest BCUT2D eigenvalue weighted by molar-refractivity contribution is 5.84. The van der Waals surface area contributed by atoms with E-state index in [-0.39, 0.29) is 18.4 Å². The molecule has 0 aromatic carbocycles. The van der Waals surface area contributed by atoms with Crippen molar-refractivity contribution in [2.45, 2.75) is 25.3 Å². The Balaban J connectivity index is 2.25. The molecular formula is C7H13NO2. The Labute approximate surface area is 60.4 Å². The van der Waals surface area contributed by atoms with Crippen LogP contribution in [-0.2, 0) is 4.79 Å². The maximum atomic E-state index is 11.0. The third-order valence-corrected chi connectivity index (χ3v) is 1.81. The van der Waals surface area contributed by atoms with Crippen molar-refractivity contribution in [3.63, 3.8) is 0 Å². The molecule has 58 valence electrons. The van der Waals surface area contributed by atoms with E-state index in [1.54, 1.807) is 0 Å². The van der Waals surface area contributed by atoms with Crippen LogP contribution in [0.15, 0.2) is 0 Å². The lowest BCUT2D eigenvalue weighted by molar-refractivity contribution is -0.121. The normalized spacial score (nSPS) is 25.1. The number of hydrogen-bond donors (Lipinski definition) is 2. The topological polar surface area (TPSA) is 49.3 Å². The Kier molecular flexibility index (Phi) is 2.83. The predicted molar refractivity (Wildman–Crippen MR) is 37.7 cm³/mol. The molecule has 1 aliphatic rings. The highest BCUT2D eigenvalue weighted by Crippen LogP contribution is 2.06. The highest BCUT2D eigenvalue weighted by Gasteiger charge is 2.20. The molecule has 2 N–H and O–H groups in total. The molecule has 10 heavy (non-hydrogen) atoms. The molecule has 1 unspecified atom stereocenters. The molecule has 1 saturated heterocycles. The van der Waals surface area contributed by atoms with Gasteiger partial charge in [0, 0.05) is 6.42 Å². The Morgan fingerprint density at radius 1 is 1.70 bits per heavy atom. The smallest absolute Gasteiger partial charge is 0.152 e. The number of carbonyl (C=O) groups is 1. The second kappa shape index (κ2) is 3.68. The monoisotopic (exact) mass is 143 g/mol. The molecule has 0 radical (unpaired) electrons. The Bertz CT molecular complexity index is 119. The molecule has 0 amide bonds. The number of nitrogens with one attached hydrogen (secondary N) is 1. The van der Waals surface area contributed by atoms with Gasteiger partial charge in [0.05, 0.1) is 12.6 Å². The van der Waals surface area contributed by atoms with Gasteiger partial charge in [-0.25, -0.2) is 0 Å². The Morgan fingerprint density at radius 2 is 2.50 bits per heavy atom. The van der Waals surface area contributed by atoms with Gasteiger partial charge in [-0.1, -0.05) is 0 Å². The van der Waals surface area contributed by atoms with E-state index in [4.69, 9.17) is 5.11 Å². The van der Waals surface area contributed by atoms with E-state index in [1.807, 2.05) is 0 Å². The van der Waals surface area contributed by atoms with E-state index < -0.39 is 0 Å². The molecule has 0 aromatic heterocycles. The summed E-state index contributed by atoms with van der Waals surface area (Å²) in [5.74, 6) is 0.153. The van der Waals surface area contributed by atoms with Crippen LogP contribution in [0, 0.1) is 0 Å². The molecular weight excluding hydrogens is 130 g/mol. The summed E-state index contributed by atoms with van der Waals surface area (Å²) in [7, 11) is 0. The lowest BCUT2D eigenvalue weighted by atomic mass is 10.1. The summed E-state index contributed by atoms with van der Waals surface area (Å²) in [5.41, 5.74) is 0. The van der Waals surface area contributed by atoms with E-state index in [9.17, 15) is 4.79 Å². The first-order chi connectivity index (χ1) is 4.84. The van der Waals surface area contributed by atoms with Crippen molar-refractivity contribution in [3.05, 3.63) is 0 Å².